The Morgan fingerprint density at radius 1 is 0.894 bits per heavy atom. The molecule has 0 spiro atoms. The molecule has 0 aliphatic carbocycles. The van der Waals surface area contributed by atoms with E-state index >= 15 is 0 Å². The van der Waals surface area contributed by atoms with Crippen LogP contribution in [0.5, 0.6) is 17.2 Å². The molecule has 16 heteroatoms. The average Bonchev–Trinajstić information content (AvgIpc) is 3.48. The lowest BCUT2D eigenvalue weighted by Gasteiger charge is -2.15. The van der Waals surface area contributed by atoms with Crippen LogP contribution in [0.15, 0.2) is 65.8 Å². The highest BCUT2D eigenvalue weighted by atomic mass is 32.2. The van der Waals surface area contributed by atoms with Crippen LogP contribution in [0.25, 0.3) is 5.69 Å². The van der Waals surface area contributed by atoms with Gasteiger partial charge in [-0.3, -0.25) is 14.2 Å². The van der Waals surface area contributed by atoms with Gasteiger partial charge in [-0.1, -0.05) is 17.8 Å². The lowest BCUT2D eigenvalue weighted by Crippen LogP contribution is -2.25. The second-order valence-electron chi connectivity index (χ2n) is 9.51. The van der Waals surface area contributed by atoms with Crippen molar-refractivity contribution in [3.8, 4) is 22.9 Å². The quantitative estimate of drug-likeness (QED) is 0.145. The summed E-state index contributed by atoms with van der Waals surface area (Å²) in [4.78, 5) is 37.7. The molecule has 1 aromatic heterocycles. The number of benzene rings is 3. The van der Waals surface area contributed by atoms with Gasteiger partial charge in [0.25, 0.3) is 5.91 Å². The standard InChI is InChI=1S/C31H30F3N5O7S/c1-5-46-29(42)18-9-11-21(12-10-18)36-26(40)17-47-30-38-37-25(39(30)22-8-6-7-20(15-22)31(32,33)34)16-35-28(41)19-13-23(43-2)27(45-4)24(14-19)44-3/h6-15H,5,16-17H2,1-4H3,(H,35,41)(H,36,40). The number of methoxy groups -OCH3 is 3. The van der Waals surface area contributed by atoms with Crippen LogP contribution < -0.4 is 24.8 Å². The molecule has 2 amide bonds. The molecule has 47 heavy (non-hydrogen) atoms. The van der Waals surface area contributed by atoms with Crippen LogP contribution in [0.3, 0.4) is 0 Å². The molecular formula is C31H30F3N5O7S. The molecule has 0 fully saturated rings. The zero-order valence-corrected chi connectivity index (χ0v) is 26.5. The number of alkyl halides is 3. The number of carbonyl (C=O) groups is 3. The maximum absolute atomic E-state index is 13.6. The zero-order valence-electron chi connectivity index (χ0n) is 25.6. The minimum atomic E-state index is -4.62. The molecular weight excluding hydrogens is 643 g/mol. The molecule has 3 aromatic carbocycles. The first kappa shape index (κ1) is 34.6. The summed E-state index contributed by atoms with van der Waals surface area (Å²) in [7, 11) is 4.22. The molecule has 248 valence electrons. The first-order chi connectivity index (χ1) is 22.5. The Kier molecular flexibility index (Phi) is 11.3. The molecule has 0 bridgehead atoms. The largest absolute Gasteiger partial charge is 0.493 e. The maximum atomic E-state index is 13.6. The second kappa shape index (κ2) is 15.4. The number of hydrogen-bond donors (Lipinski definition) is 2. The monoisotopic (exact) mass is 673 g/mol. The van der Waals surface area contributed by atoms with Crippen molar-refractivity contribution >= 4 is 35.2 Å². The van der Waals surface area contributed by atoms with E-state index in [-0.39, 0.29) is 58.4 Å². The SMILES string of the molecule is CCOC(=O)c1ccc(NC(=O)CSc2nnc(CNC(=O)c3cc(OC)c(OC)c(OC)c3)n2-c2cccc(C(F)(F)F)c2)cc1. The summed E-state index contributed by atoms with van der Waals surface area (Å²) in [6.45, 7) is 1.67. The van der Waals surface area contributed by atoms with Crippen molar-refractivity contribution in [3.63, 3.8) is 0 Å². The summed E-state index contributed by atoms with van der Waals surface area (Å²) in [5.74, 6) is -0.815. The van der Waals surface area contributed by atoms with E-state index in [1.54, 1.807) is 6.92 Å². The highest BCUT2D eigenvalue weighted by Crippen LogP contribution is 2.38. The van der Waals surface area contributed by atoms with Crippen LogP contribution in [0.4, 0.5) is 18.9 Å². The lowest BCUT2D eigenvalue weighted by molar-refractivity contribution is -0.137. The molecule has 0 aliphatic heterocycles. The van der Waals surface area contributed by atoms with E-state index in [2.05, 4.69) is 20.8 Å². The fraction of sp³-hybridized carbons (Fsp3) is 0.258. The van der Waals surface area contributed by atoms with E-state index in [1.807, 2.05) is 0 Å². The van der Waals surface area contributed by atoms with Crippen LogP contribution in [0, 0.1) is 0 Å². The Morgan fingerprint density at radius 3 is 2.17 bits per heavy atom. The fourth-order valence-electron chi connectivity index (χ4n) is 4.29. The molecule has 4 aromatic rings. The number of halogens is 3. The van der Waals surface area contributed by atoms with Gasteiger partial charge in [0, 0.05) is 11.3 Å². The number of carbonyl (C=O) groups excluding carboxylic acids is 3. The first-order valence-corrected chi connectivity index (χ1v) is 14.9. The van der Waals surface area contributed by atoms with Gasteiger partial charge in [-0.25, -0.2) is 4.79 Å². The van der Waals surface area contributed by atoms with E-state index in [0.29, 0.717) is 11.3 Å². The summed E-state index contributed by atoms with van der Waals surface area (Å²) < 4.78 is 62.9. The fourth-order valence-corrected chi connectivity index (χ4v) is 5.06. The van der Waals surface area contributed by atoms with Gasteiger partial charge in [-0.2, -0.15) is 13.2 Å². The molecule has 2 N–H and O–H groups in total. The van der Waals surface area contributed by atoms with E-state index in [9.17, 15) is 27.6 Å². The molecule has 0 radical (unpaired) electrons. The summed E-state index contributed by atoms with van der Waals surface area (Å²) in [5.41, 5.74) is 0.0538. The normalized spacial score (nSPS) is 11.0. The molecule has 12 nitrogen and oxygen atoms in total. The predicted molar refractivity (Wildman–Crippen MR) is 165 cm³/mol. The summed E-state index contributed by atoms with van der Waals surface area (Å²) in [5, 5.41) is 13.7. The smallest absolute Gasteiger partial charge is 0.416 e. The molecule has 0 unspecified atom stereocenters. The second-order valence-corrected chi connectivity index (χ2v) is 10.5. The van der Waals surface area contributed by atoms with Crippen molar-refractivity contribution in [2.75, 3.05) is 39.0 Å². The molecule has 0 saturated carbocycles. The van der Waals surface area contributed by atoms with Gasteiger partial charge in [0.15, 0.2) is 22.5 Å². The van der Waals surface area contributed by atoms with Gasteiger partial charge >= 0.3 is 12.1 Å². The molecule has 1 heterocycles. The Balaban J connectivity index is 1.55. The van der Waals surface area contributed by atoms with E-state index < -0.39 is 29.5 Å². The van der Waals surface area contributed by atoms with Crippen LogP contribution in [0.2, 0.25) is 0 Å². The van der Waals surface area contributed by atoms with Crippen LogP contribution in [-0.4, -0.2) is 66.2 Å². The molecule has 0 atom stereocenters. The highest BCUT2D eigenvalue weighted by Gasteiger charge is 2.31. The van der Waals surface area contributed by atoms with Gasteiger partial charge in [0.1, 0.15) is 0 Å². The minimum absolute atomic E-state index is 0.0688. The highest BCUT2D eigenvalue weighted by molar-refractivity contribution is 7.99. The van der Waals surface area contributed by atoms with Crippen molar-refractivity contribution in [2.45, 2.75) is 24.8 Å². The van der Waals surface area contributed by atoms with Crippen LogP contribution in [0.1, 0.15) is 39.0 Å². The molecule has 0 saturated heterocycles. The van der Waals surface area contributed by atoms with Gasteiger partial charge in [0.05, 0.1) is 57.0 Å². The Bertz CT molecular complexity index is 1720. The van der Waals surface area contributed by atoms with E-state index in [4.69, 9.17) is 18.9 Å². The number of hydrogen-bond acceptors (Lipinski definition) is 10. The van der Waals surface area contributed by atoms with Gasteiger partial charge in [0.2, 0.25) is 11.7 Å². The lowest BCUT2D eigenvalue weighted by atomic mass is 10.1. The number of amides is 2. The Hall–Kier alpha value is -5.25. The van der Waals surface area contributed by atoms with Crippen molar-refractivity contribution in [1.29, 1.82) is 0 Å². The van der Waals surface area contributed by atoms with Crippen LogP contribution >= 0.6 is 11.8 Å². The van der Waals surface area contributed by atoms with Crippen LogP contribution in [-0.2, 0) is 22.3 Å². The molecule has 0 aliphatic rings. The number of aromatic nitrogens is 3. The molecule has 4 rings (SSSR count). The number of esters is 1. The Labute approximate surface area is 271 Å². The van der Waals surface area contributed by atoms with Crippen molar-refractivity contribution in [2.24, 2.45) is 0 Å². The number of nitrogens with zero attached hydrogens (tertiary/aromatic N) is 3. The van der Waals surface area contributed by atoms with Gasteiger partial charge in [-0.15, -0.1) is 10.2 Å². The third kappa shape index (κ3) is 8.52. The van der Waals surface area contributed by atoms with E-state index in [1.165, 1.54) is 74.4 Å². The maximum Gasteiger partial charge on any atom is 0.416 e. The number of ether oxygens (including phenoxy) is 4. The topological polar surface area (TPSA) is 143 Å². The summed E-state index contributed by atoms with van der Waals surface area (Å²) >= 11 is 0.925. The third-order valence-corrected chi connectivity index (χ3v) is 7.41. The number of anilines is 1. The third-order valence-electron chi connectivity index (χ3n) is 6.48. The van der Waals surface area contributed by atoms with Crippen molar-refractivity contribution in [3.05, 3.63) is 83.2 Å². The van der Waals surface area contributed by atoms with Crippen molar-refractivity contribution in [1.82, 2.24) is 20.1 Å². The predicted octanol–water partition coefficient (Wildman–Crippen LogP) is 5.15. The zero-order chi connectivity index (χ0) is 34.1. The number of thioether (sulfide) groups is 1. The number of rotatable bonds is 13. The summed E-state index contributed by atoms with van der Waals surface area (Å²) in [6, 6.07) is 13.5. The minimum Gasteiger partial charge on any atom is -0.493 e. The van der Waals surface area contributed by atoms with Crippen molar-refractivity contribution < 1.29 is 46.5 Å². The Morgan fingerprint density at radius 2 is 1.57 bits per heavy atom. The van der Waals surface area contributed by atoms with Gasteiger partial charge < -0.3 is 29.6 Å². The summed E-state index contributed by atoms with van der Waals surface area (Å²) in [6.07, 6.45) is -4.62. The van der Waals surface area contributed by atoms with Gasteiger partial charge in [-0.05, 0) is 61.5 Å². The number of nitrogens with one attached hydrogen (secondary N) is 2. The van der Waals surface area contributed by atoms with E-state index in [0.717, 1.165) is 23.9 Å². The average molecular weight is 674 g/mol. The first-order valence-electron chi connectivity index (χ1n) is 13.9.